The van der Waals surface area contributed by atoms with E-state index in [4.69, 9.17) is 18.9 Å². The summed E-state index contributed by atoms with van der Waals surface area (Å²) in [5, 5.41) is 3.04. The Morgan fingerprint density at radius 2 is 1.57 bits per heavy atom. The number of nitrogens with one attached hydrogen (secondary N) is 1. The fraction of sp³-hybridized carbons (Fsp3) is 0.435. The number of rotatable bonds is 9. The number of morpholine rings is 1. The summed E-state index contributed by atoms with van der Waals surface area (Å²) in [4.78, 5) is 15.3. The first-order valence-electron chi connectivity index (χ1n) is 10.5. The molecule has 0 bridgehead atoms. The second kappa shape index (κ2) is 10.7. The zero-order valence-electron chi connectivity index (χ0n) is 17.9. The molecule has 0 radical (unpaired) electrons. The number of anilines is 2. The highest BCUT2D eigenvalue weighted by Gasteiger charge is 2.20. The summed E-state index contributed by atoms with van der Waals surface area (Å²) >= 11 is 0. The molecule has 1 heterocycles. The van der Waals surface area contributed by atoms with Crippen molar-refractivity contribution >= 4 is 17.3 Å². The van der Waals surface area contributed by atoms with Crippen molar-refractivity contribution in [3.8, 4) is 17.2 Å². The molecule has 0 aromatic heterocycles. The second-order valence-corrected chi connectivity index (χ2v) is 6.67. The molecule has 1 N–H and O–H groups in total. The molecule has 0 unspecified atom stereocenters. The molecule has 1 saturated heterocycles. The Bertz CT molecular complexity index is 822. The van der Waals surface area contributed by atoms with Crippen LogP contribution >= 0.6 is 0 Å². The topological polar surface area (TPSA) is 69.3 Å². The summed E-state index contributed by atoms with van der Waals surface area (Å²) < 4.78 is 22.6. The van der Waals surface area contributed by atoms with Gasteiger partial charge < -0.3 is 29.2 Å². The van der Waals surface area contributed by atoms with Crippen molar-refractivity contribution in [2.45, 2.75) is 20.8 Å². The average Bonchev–Trinajstić information content (AvgIpc) is 2.77. The third-order valence-electron chi connectivity index (χ3n) is 4.68. The van der Waals surface area contributed by atoms with Crippen molar-refractivity contribution in [1.82, 2.24) is 0 Å². The molecule has 1 aliphatic heterocycles. The van der Waals surface area contributed by atoms with Crippen LogP contribution in [0.3, 0.4) is 0 Å². The van der Waals surface area contributed by atoms with Crippen molar-refractivity contribution < 1.29 is 23.7 Å². The van der Waals surface area contributed by atoms with Crippen molar-refractivity contribution in [2.75, 3.05) is 56.3 Å². The van der Waals surface area contributed by atoms with Crippen LogP contribution in [-0.4, -0.2) is 52.0 Å². The summed E-state index contributed by atoms with van der Waals surface area (Å²) in [5.74, 6) is 1.28. The van der Waals surface area contributed by atoms with Crippen LogP contribution in [-0.2, 0) is 4.74 Å². The summed E-state index contributed by atoms with van der Waals surface area (Å²) in [6.07, 6.45) is 0. The minimum absolute atomic E-state index is 0.235. The number of nitrogens with zero attached hydrogens (tertiary/aromatic N) is 1. The largest absolute Gasteiger partial charge is 0.490 e. The maximum Gasteiger partial charge on any atom is 0.255 e. The van der Waals surface area contributed by atoms with Crippen LogP contribution in [0, 0.1) is 0 Å². The maximum absolute atomic E-state index is 13.1. The van der Waals surface area contributed by atoms with Gasteiger partial charge in [0, 0.05) is 18.7 Å². The third kappa shape index (κ3) is 5.16. The van der Waals surface area contributed by atoms with E-state index in [0.717, 1.165) is 24.5 Å². The fourth-order valence-electron chi connectivity index (χ4n) is 3.37. The lowest BCUT2D eigenvalue weighted by Gasteiger charge is -2.30. The summed E-state index contributed by atoms with van der Waals surface area (Å²) in [6.45, 7) is 9.99. The van der Waals surface area contributed by atoms with Crippen LogP contribution in [0.5, 0.6) is 17.2 Å². The minimum Gasteiger partial charge on any atom is -0.490 e. The number of hydrogen-bond acceptors (Lipinski definition) is 6. The van der Waals surface area contributed by atoms with Gasteiger partial charge >= 0.3 is 0 Å². The van der Waals surface area contributed by atoms with Gasteiger partial charge in [-0.25, -0.2) is 0 Å². The molecule has 7 heteroatoms. The van der Waals surface area contributed by atoms with Gasteiger partial charge in [0.2, 0.25) is 5.75 Å². The molecule has 7 nitrogen and oxygen atoms in total. The van der Waals surface area contributed by atoms with Gasteiger partial charge in [0.15, 0.2) is 11.5 Å². The molecule has 0 spiro atoms. The van der Waals surface area contributed by atoms with Crippen LogP contribution in [0.1, 0.15) is 31.1 Å². The van der Waals surface area contributed by atoms with Crippen LogP contribution in [0.4, 0.5) is 11.4 Å². The predicted molar refractivity (Wildman–Crippen MR) is 117 cm³/mol. The zero-order chi connectivity index (χ0) is 21.3. The van der Waals surface area contributed by atoms with Gasteiger partial charge in [-0.2, -0.15) is 0 Å². The second-order valence-electron chi connectivity index (χ2n) is 6.67. The van der Waals surface area contributed by atoms with Crippen molar-refractivity contribution in [3.63, 3.8) is 0 Å². The number of carbonyl (C=O) groups excluding carboxylic acids is 1. The van der Waals surface area contributed by atoms with E-state index in [2.05, 4.69) is 10.2 Å². The molecule has 0 saturated carbocycles. The number of amides is 1. The lowest BCUT2D eigenvalue weighted by molar-refractivity contribution is 0.102. The molecule has 1 fully saturated rings. The van der Waals surface area contributed by atoms with Crippen LogP contribution < -0.4 is 24.4 Å². The molecule has 1 amide bonds. The summed E-state index contributed by atoms with van der Waals surface area (Å²) in [6, 6.07) is 11.2. The highest BCUT2D eigenvalue weighted by molar-refractivity contribution is 6.06. The highest BCUT2D eigenvalue weighted by atomic mass is 16.5. The van der Waals surface area contributed by atoms with Crippen molar-refractivity contribution in [1.29, 1.82) is 0 Å². The van der Waals surface area contributed by atoms with E-state index in [0.29, 0.717) is 55.8 Å². The van der Waals surface area contributed by atoms with Crippen molar-refractivity contribution in [3.05, 3.63) is 42.0 Å². The first kappa shape index (κ1) is 21.8. The van der Waals surface area contributed by atoms with Gasteiger partial charge in [-0.3, -0.25) is 4.79 Å². The van der Waals surface area contributed by atoms with Gasteiger partial charge in [-0.15, -0.1) is 0 Å². The van der Waals surface area contributed by atoms with Gasteiger partial charge in [-0.1, -0.05) is 12.1 Å². The van der Waals surface area contributed by atoms with Crippen LogP contribution in [0.25, 0.3) is 0 Å². The number of carbonyl (C=O) groups is 1. The van der Waals surface area contributed by atoms with Crippen LogP contribution in [0.2, 0.25) is 0 Å². The number of benzene rings is 2. The van der Waals surface area contributed by atoms with Crippen LogP contribution in [0.15, 0.2) is 36.4 Å². The SMILES string of the molecule is CCOc1cc(C(=O)Nc2ccccc2N2CCOCC2)cc(OCC)c1OCC. The lowest BCUT2D eigenvalue weighted by atomic mass is 10.1. The Labute approximate surface area is 177 Å². The van der Waals surface area contributed by atoms with E-state index in [1.807, 2.05) is 45.0 Å². The van der Waals surface area contributed by atoms with Gasteiger partial charge in [-0.05, 0) is 45.0 Å². The molecule has 2 aromatic carbocycles. The van der Waals surface area contributed by atoms with E-state index in [9.17, 15) is 4.79 Å². The molecule has 3 rings (SSSR count). The normalized spacial score (nSPS) is 13.6. The monoisotopic (exact) mass is 414 g/mol. The number of ether oxygens (including phenoxy) is 4. The molecule has 30 heavy (non-hydrogen) atoms. The van der Waals surface area contributed by atoms with E-state index < -0.39 is 0 Å². The molecular weight excluding hydrogens is 384 g/mol. The number of hydrogen-bond donors (Lipinski definition) is 1. The summed E-state index contributed by atoms with van der Waals surface area (Å²) in [5.41, 5.74) is 2.19. The Morgan fingerprint density at radius 1 is 0.967 bits per heavy atom. The summed E-state index contributed by atoms with van der Waals surface area (Å²) in [7, 11) is 0. The maximum atomic E-state index is 13.1. The van der Waals surface area contributed by atoms with E-state index in [-0.39, 0.29) is 5.91 Å². The number of para-hydroxylation sites is 2. The first-order valence-corrected chi connectivity index (χ1v) is 10.5. The first-order chi connectivity index (χ1) is 14.7. The third-order valence-corrected chi connectivity index (χ3v) is 4.68. The van der Waals surface area contributed by atoms with Gasteiger partial charge in [0.1, 0.15) is 0 Å². The lowest BCUT2D eigenvalue weighted by Crippen LogP contribution is -2.36. The average molecular weight is 415 g/mol. The van der Waals surface area contributed by atoms with Gasteiger partial charge in [0.25, 0.3) is 5.91 Å². The Hall–Kier alpha value is -2.93. The smallest absolute Gasteiger partial charge is 0.255 e. The molecule has 0 aliphatic carbocycles. The Morgan fingerprint density at radius 3 is 2.17 bits per heavy atom. The molecular formula is C23H30N2O5. The Kier molecular flexibility index (Phi) is 7.79. The predicted octanol–water partition coefficient (Wildman–Crippen LogP) is 3.97. The quantitative estimate of drug-likeness (QED) is 0.670. The van der Waals surface area contributed by atoms with E-state index >= 15 is 0 Å². The van der Waals surface area contributed by atoms with E-state index in [1.54, 1.807) is 12.1 Å². The molecule has 1 aliphatic rings. The zero-order valence-corrected chi connectivity index (χ0v) is 17.9. The van der Waals surface area contributed by atoms with E-state index in [1.165, 1.54) is 0 Å². The standard InChI is InChI=1S/C23H30N2O5/c1-4-28-20-15-17(16-21(29-5-2)22(20)30-6-3)23(26)24-18-9-7-8-10-19(18)25-11-13-27-14-12-25/h7-10,15-16H,4-6,11-14H2,1-3H3,(H,24,26). The fourth-order valence-corrected chi connectivity index (χ4v) is 3.37. The van der Waals surface area contributed by atoms with Gasteiger partial charge in [0.05, 0.1) is 44.4 Å². The Balaban J connectivity index is 1.90. The minimum atomic E-state index is -0.235. The molecule has 0 atom stereocenters. The van der Waals surface area contributed by atoms with Crippen molar-refractivity contribution in [2.24, 2.45) is 0 Å². The highest BCUT2D eigenvalue weighted by Crippen LogP contribution is 2.39. The molecule has 2 aromatic rings. The molecule has 162 valence electrons.